The fourth-order valence-electron chi connectivity index (χ4n) is 2.91. The van der Waals surface area contributed by atoms with Gasteiger partial charge in [0, 0.05) is 6.54 Å². The van der Waals surface area contributed by atoms with Crippen LogP contribution in [-0.2, 0) is 4.74 Å². The monoisotopic (exact) mass is 350 g/mol. The zero-order valence-corrected chi connectivity index (χ0v) is 14.5. The second-order valence-electron chi connectivity index (χ2n) is 6.99. The zero-order valence-electron chi connectivity index (χ0n) is 14.5. The molecule has 0 aliphatic carbocycles. The first-order chi connectivity index (χ1) is 11.8. The van der Waals surface area contributed by atoms with Crippen molar-refractivity contribution in [2.45, 2.75) is 51.8 Å². The smallest absolute Gasteiger partial charge is 0.409 e. The van der Waals surface area contributed by atoms with Crippen LogP contribution in [0.3, 0.4) is 0 Å². The van der Waals surface area contributed by atoms with E-state index in [-0.39, 0.29) is 11.2 Å². The minimum atomic E-state index is -0.617. The Balaban J connectivity index is 1.95. The van der Waals surface area contributed by atoms with Gasteiger partial charge in [0.2, 0.25) is 0 Å². The number of H-pyrrole nitrogens is 2. The molecule has 0 spiro atoms. The first kappa shape index (κ1) is 17.1. The number of amides is 1. The molecule has 1 fully saturated rings. The maximum Gasteiger partial charge on any atom is 0.409 e. The van der Waals surface area contributed by atoms with Gasteiger partial charge in [0.15, 0.2) is 11.2 Å². The van der Waals surface area contributed by atoms with Crippen LogP contribution < -0.4 is 21.6 Å². The fraction of sp³-hybridized carbons (Fsp3) is 0.600. The van der Waals surface area contributed by atoms with E-state index in [0.29, 0.717) is 13.0 Å². The number of imidazole rings is 1. The maximum atomic E-state index is 12.4. The van der Waals surface area contributed by atoms with Crippen molar-refractivity contribution in [3.63, 3.8) is 0 Å². The largest absolute Gasteiger partial charge is 0.444 e. The van der Waals surface area contributed by atoms with Crippen LogP contribution in [-0.4, -0.2) is 44.0 Å². The Labute approximate surface area is 143 Å². The number of alkyl carbamates (subject to hydrolysis) is 1. The van der Waals surface area contributed by atoms with Crippen molar-refractivity contribution < 1.29 is 9.53 Å². The molecule has 1 aliphatic heterocycles. The summed E-state index contributed by atoms with van der Waals surface area (Å²) < 4.78 is 6.60. The zero-order chi connectivity index (χ0) is 18.2. The van der Waals surface area contributed by atoms with Crippen LogP contribution in [0, 0.1) is 0 Å². The molecule has 10 heteroatoms. The third-order valence-electron chi connectivity index (χ3n) is 3.87. The average Bonchev–Trinajstić information content (AvgIpc) is 2.96. The van der Waals surface area contributed by atoms with Crippen molar-refractivity contribution in [2.75, 3.05) is 11.6 Å². The first-order valence-electron chi connectivity index (χ1n) is 8.21. The minimum absolute atomic E-state index is 0.209. The van der Waals surface area contributed by atoms with Crippen molar-refractivity contribution in [3.05, 3.63) is 27.2 Å². The van der Waals surface area contributed by atoms with Gasteiger partial charge in [-0.3, -0.25) is 20.1 Å². The van der Waals surface area contributed by atoms with E-state index in [1.165, 1.54) is 11.0 Å². The highest BCUT2D eigenvalue weighted by Crippen LogP contribution is 2.16. The number of aromatic amines is 2. The molecule has 10 nitrogen and oxygen atoms in total. The predicted molar refractivity (Wildman–Crippen MR) is 91.1 cm³/mol. The van der Waals surface area contributed by atoms with Gasteiger partial charge in [0.05, 0.1) is 6.33 Å². The summed E-state index contributed by atoms with van der Waals surface area (Å²) in [5, 5.41) is 4.50. The van der Waals surface area contributed by atoms with E-state index < -0.39 is 29.1 Å². The van der Waals surface area contributed by atoms with Crippen molar-refractivity contribution in [3.8, 4) is 0 Å². The normalized spacial score (nSPS) is 18.4. The molecule has 25 heavy (non-hydrogen) atoms. The second-order valence-corrected chi connectivity index (χ2v) is 6.99. The van der Waals surface area contributed by atoms with Crippen LogP contribution in [0.25, 0.3) is 11.2 Å². The van der Waals surface area contributed by atoms with Crippen LogP contribution in [0.4, 0.5) is 4.79 Å². The van der Waals surface area contributed by atoms with Gasteiger partial charge in [-0.05, 0) is 40.0 Å². The summed E-state index contributed by atoms with van der Waals surface area (Å²) in [7, 11) is 0. The molecule has 1 saturated heterocycles. The Hall–Kier alpha value is -2.78. The van der Waals surface area contributed by atoms with Gasteiger partial charge in [0.1, 0.15) is 11.8 Å². The molecule has 3 rings (SSSR count). The molecule has 1 atom stereocenters. The standard InChI is InChI=1S/C15H22N6O4/c1-15(2,3)25-14(24)18-9-6-4-5-7-20(9)21-11-10(16-8-17-11)12(22)19-13(21)23/h8-9H,4-7H2,1-3H3,(H,16,17)(H,18,24)(H,19,22,23). The second kappa shape index (κ2) is 6.26. The number of fused-ring (bicyclic) bond motifs is 1. The number of ether oxygens (including phenoxy) is 1. The lowest BCUT2D eigenvalue weighted by atomic mass is 10.1. The van der Waals surface area contributed by atoms with Crippen molar-refractivity contribution in [1.29, 1.82) is 0 Å². The van der Waals surface area contributed by atoms with E-state index in [1.54, 1.807) is 25.8 Å². The molecule has 2 aromatic heterocycles. The van der Waals surface area contributed by atoms with Gasteiger partial charge in [-0.15, -0.1) is 0 Å². The number of hydrogen-bond donors (Lipinski definition) is 3. The van der Waals surface area contributed by atoms with Crippen LogP contribution in [0.1, 0.15) is 40.0 Å². The van der Waals surface area contributed by atoms with Crippen LogP contribution in [0.15, 0.2) is 15.9 Å². The summed E-state index contributed by atoms with van der Waals surface area (Å²) in [6, 6.07) is 0. The Bertz CT molecular complexity index is 890. The van der Waals surface area contributed by atoms with Crippen LogP contribution in [0.2, 0.25) is 0 Å². The molecule has 2 aromatic rings. The van der Waals surface area contributed by atoms with E-state index in [4.69, 9.17) is 4.74 Å². The van der Waals surface area contributed by atoms with Crippen molar-refractivity contribution >= 4 is 17.3 Å². The quantitative estimate of drug-likeness (QED) is 0.719. The molecule has 0 radical (unpaired) electrons. The molecule has 3 heterocycles. The van der Waals surface area contributed by atoms with Crippen molar-refractivity contribution in [2.24, 2.45) is 0 Å². The van der Waals surface area contributed by atoms with E-state index in [2.05, 4.69) is 20.3 Å². The molecule has 1 aliphatic rings. The molecule has 136 valence electrons. The lowest BCUT2D eigenvalue weighted by Crippen LogP contribution is -2.59. The Morgan fingerprint density at radius 1 is 1.36 bits per heavy atom. The maximum absolute atomic E-state index is 12.4. The molecule has 3 N–H and O–H groups in total. The molecule has 1 unspecified atom stereocenters. The number of carbonyl (C=O) groups is 1. The first-order valence-corrected chi connectivity index (χ1v) is 8.21. The molecule has 0 saturated carbocycles. The van der Waals surface area contributed by atoms with Gasteiger partial charge in [-0.2, -0.15) is 4.68 Å². The molecule has 0 bridgehead atoms. The minimum Gasteiger partial charge on any atom is -0.444 e. The summed E-state index contributed by atoms with van der Waals surface area (Å²) in [4.78, 5) is 45.5. The van der Waals surface area contributed by atoms with Gasteiger partial charge in [-0.1, -0.05) is 0 Å². The van der Waals surface area contributed by atoms with Gasteiger partial charge in [-0.25, -0.2) is 14.6 Å². The number of nitrogens with zero attached hydrogens (tertiary/aromatic N) is 3. The highest BCUT2D eigenvalue weighted by atomic mass is 16.6. The Morgan fingerprint density at radius 2 is 2.12 bits per heavy atom. The van der Waals surface area contributed by atoms with Gasteiger partial charge in [0.25, 0.3) is 5.56 Å². The highest BCUT2D eigenvalue weighted by molar-refractivity contribution is 5.70. The topological polar surface area (TPSA) is 125 Å². The molecular weight excluding hydrogens is 328 g/mol. The van der Waals surface area contributed by atoms with Crippen LogP contribution >= 0.6 is 0 Å². The van der Waals surface area contributed by atoms with E-state index in [9.17, 15) is 14.4 Å². The van der Waals surface area contributed by atoms with Gasteiger partial charge >= 0.3 is 11.8 Å². The summed E-state index contributed by atoms with van der Waals surface area (Å²) in [6.07, 6.45) is 2.77. The van der Waals surface area contributed by atoms with E-state index in [0.717, 1.165) is 12.8 Å². The summed E-state index contributed by atoms with van der Waals surface area (Å²) >= 11 is 0. The van der Waals surface area contributed by atoms with Crippen LogP contribution in [0.5, 0.6) is 0 Å². The average molecular weight is 350 g/mol. The number of hydrogen-bond acceptors (Lipinski definition) is 6. The third-order valence-corrected chi connectivity index (χ3v) is 3.87. The molecule has 0 aromatic carbocycles. The molecule has 1 amide bonds. The van der Waals surface area contributed by atoms with E-state index >= 15 is 0 Å². The summed E-state index contributed by atoms with van der Waals surface area (Å²) in [5.74, 6) is 0. The van der Waals surface area contributed by atoms with Crippen molar-refractivity contribution in [1.82, 2.24) is 24.9 Å². The Morgan fingerprint density at radius 3 is 2.84 bits per heavy atom. The summed E-state index contributed by atoms with van der Waals surface area (Å²) in [5.41, 5.74) is -1.30. The number of carbonyl (C=O) groups excluding carboxylic acids is 1. The number of aromatic nitrogens is 4. The fourth-order valence-corrected chi connectivity index (χ4v) is 2.91. The number of rotatable bonds is 2. The lowest BCUT2D eigenvalue weighted by molar-refractivity contribution is 0.0487. The summed E-state index contributed by atoms with van der Waals surface area (Å²) in [6.45, 7) is 5.88. The molecular formula is C15H22N6O4. The van der Waals surface area contributed by atoms with E-state index in [1.807, 2.05) is 0 Å². The number of nitrogens with one attached hydrogen (secondary N) is 3. The number of piperidine rings is 1. The Kier molecular flexibility index (Phi) is 4.27. The lowest BCUT2D eigenvalue weighted by Gasteiger charge is -2.38. The predicted octanol–water partition coefficient (Wildman–Crippen LogP) is 0.386. The third kappa shape index (κ3) is 3.52. The van der Waals surface area contributed by atoms with Gasteiger partial charge < -0.3 is 9.72 Å². The highest BCUT2D eigenvalue weighted by Gasteiger charge is 2.29. The SMILES string of the molecule is CC(C)(C)OC(=O)NC1CCCCN1n1c(=O)[nH]c(=O)c2[nH]cnc21.